The number of nitrogens with one attached hydrogen (secondary N) is 1. The van der Waals surface area contributed by atoms with Gasteiger partial charge >= 0.3 is 0 Å². The molecule has 28 heavy (non-hydrogen) atoms. The number of nitrogens with zero attached hydrogens (tertiary/aromatic N) is 6. The number of benzene rings is 1. The van der Waals surface area contributed by atoms with E-state index in [4.69, 9.17) is 0 Å². The summed E-state index contributed by atoms with van der Waals surface area (Å²) < 4.78 is 3.64. The Morgan fingerprint density at radius 2 is 2.00 bits per heavy atom. The molecule has 1 N–H and O–H groups in total. The molecule has 3 aromatic heterocycles. The highest BCUT2D eigenvalue weighted by atomic mass is 16.2. The molecule has 0 bridgehead atoms. The van der Waals surface area contributed by atoms with Crippen LogP contribution in [0, 0.1) is 0 Å². The summed E-state index contributed by atoms with van der Waals surface area (Å²) in [6, 6.07) is 11.3. The van der Waals surface area contributed by atoms with E-state index in [1.807, 2.05) is 24.3 Å². The highest BCUT2D eigenvalue weighted by Crippen LogP contribution is 2.20. The van der Waals surface area contributed by atoms with E-state index in [-0.39, 0.29) is 5.91 Å². The zero-order valence-electron chi connectivity index (χ0n) is 16.0. The molecule has 0 saturated heterocycles. The predicted octanol–water partition coefficient (Wildman–Crippen LogP) is 2.67. The Kier molecular flexibility index (Phi) is 5.03. The van der Waals surface area contributed by atoms with Crippen molar-refractivity contribution in [2.24, 2.45) is 0 Å². The van der Waals surface area contributed by atoms with Crippen LogP contribution in [0.15, 0.2) is 48.8 Å². The van der Waals surface area contributed by atoms with Gasteiger partial charge in [0.25, 0.3) is 5.91 Å². The number of anilines is 1. The molecule has 8 heteroatoms. The van der Waals surface area contributed by atoms with Crippen LogP contribution in [0.4, 0.5) is 5.95 Å². The second kappa shape index (κ2) is 7.77. The number of likely N-dealkylation sites (N-methyl/N-ethyl adjacent to an activating group) is 1. The molecule has 0 aliphatic heterocycles. The van der Waals surface area contributed by atoms with Gasteiger partial charge in [-0.25, -0.2) is 14.5 Å². The van der Waals surface area contributed by atoms with Crippen LogP contribution in [0.25, 0.3) is 16.7 Å². The third kappa shape index (κ3) is 3.46. The second-order valence-corrected chi connectivity index (χ2v) is 6.51. The third-order valence-electron chi connectivity index (χ3n) is 4.88. The van der Waals surface area contributed by atoms with Gasteiger partial charge < -0.3 is 9.47 Å². The molecule has 0 unspecified atom stereocenters. The lowest BCUT2D eigenvalue weighted by atomic mass is 10.3. The van der Waals surface area contributed by atoms with Gasteiger partial charge in [-0.05, 0) is 31.3 Å². The fourth-order valence-corrected chi connectivity index (χ4v) is 3.29. The second-order valence-electron chi connectivity index (χ2n) is 6.51. The van der Waals surface area contributed by atoms with E-state index in [9.17, 15) is 4.79 Å². The molecule has 4 aromatic rings. The summed E-state index contributed by atoms with van der Waals surface area (Å²) in [5, 5.41) is 7.22. The fraction of sp³-hybridized carbons (Fsp3) is 0.300. The Labute approximate surface area is 162 Å². The molecule has 144 valence electrons. The molecule has 1 amide bonds. The number of carbonyl (C=O) groups excluding carboxylic acids is 1. The van der Waals surface area contributed by atoms with Gasteiger partial charge in [-0.15, -0.1) is 0 Å². The van der Waals surface area contributed by atoms with Gasteiger partial charge in [0.2, 0.25) is 5.95 Å². The van der Waals surface area contributed by atoms with Crippen LogP contribution in [-0.2, 0) is 6.54 Å². The number of hydrogen-bond donors (Lipinski definition) is 1. The molecule has 0 fully saturated rings. The highest BCUT2D eigenvalue weighted by Gasteiger charge is 2.17. The number of carbonyl (C=O) groups is 1. The number of para-hydroxylation sites is 2. The van der Waals surface area contributed by atoms with E-state index in [0.29, 0.717) is 17.3 Å². The molecule has 0 spiro atoms. The Bertz CT molecular complexity index is 1080. The maximum atomic E-state index is 12.8. The maximum Gasteiger partial charge on any atom is 0.278 e. The van der Waals surface area contributed by atoms with E-state index < -0.39 is 0 Å². The van der Waals surface area contributed by atoms with Crippen molar-refractivity contribution in [3.05, 3.63) is 54.5 Å². The molecular formula is C20H23N7O. The molecule has 3 heterocycles. The Balaban J connectivity index is 1.63. The van der Waals surface area contributed by atoms with Gasteiger partial charge in [0.15, 0.2) is 11.3 Å². The van der Waals surface area contributed by atoms with E-state index in [1.54, 1.807) is 29.0 Å². The van der Waals surface area contributed by atoms with Gasteiger partial charge in [0, 0.05) is 31.5 Å². The van der Waals surface area contributed by atoms with Crippen LogP contribution >= 0.6 is 0 Å². The minimum atomic E-state index is -0.301. The number of fused-ring (bicyclic) bond motifs is 2. The van der Waals surface area contributed by atoms with Crippen LogP contribution in [0.1, 0.15) is 24.3 Å². The van der Waals surface area contributed by atoms with Gasteiger partial charge in [-0.2, -0.15) is 5.10 Å². The molecule has 1 aromatic carbocycles. The maximum absolute atomic E-state index is 12.8. The molecule has 0 radical (unpaired) electrons. The van der Waals surface area contributed by atoms with Crippen molar-refractivity contribution in [2.45, 2.75) is 20.4 Å². The summed E-state index contributed by atoms with van der Waals surface area (Å²) in [5.74, 6) is 0.230. The lowest BCUT2D eigenvalue weighted by Gasteiger charge is -2.19. The zero-order valence-corrected chi connectivity index (χ0v) is 16.0. The lowest BCUT2D eigenvalue weighted by molar-refractivity contribution is 0.102. The molecule has 0 atom stereocenters. The van der Waals surface area contributed by atoms with Crippen molar-refractivity contribution in [1.29, 1.82) is 0 Å². The Hall–Kier alpha value is -3.26. The summed E-state index contributed by atoms with van der Waals surface area (Å²) in [4.78, 5) is 24.0. The van der Waals surface area contributed by atoms with Crippen LogP contribution < -0.4 is 5.32 Å². The average molecular weight is 377 g/mol. The van der Waals surface area contributed by atoms with Crippen molar-refractivity contribution in [3.8, 4) is 0 Å². The third-order valence-corrected chi connectivity index (χ3v) is 4.88. The molecule has 0 saturated carbocycles. The normalized spacial score (nSPS) is 11.5. The van der Waals surface area contributed by atoms with Crippen molar-refractivity contribution in [3.63, 3.8) is 0 Å². The van der Waals surface area contributed by atoms with Crippen LogP contribution in [0.2, 0.25) is 0 Å². The van der Waals surface area contributed by atoms with Crippen molar-refractivity contribution in [2.75, 3.05) is 25.0 Å². The molecule has 8 nitrogen and oxygen atoms in total. The number of aromatic nitrogens is 5. The van der Waals surface area contributed by atoms with Gasteiger partial charge in [0.05, 0.1) is 11.0 Å². The molecule has 0 aliphatic carbocycles. The standard InChI is InChI=1S/C20H23N7O/c1-3-25(4-2)12-13-26-17-9-6-5-8-15(17)22-20(26)23-19(28)16-14-18-21-10-7-11-27(18)24-16/h5-11,14H,3-4,12-13H2,1-2H3,(H,22,23,28). The van der Waals surface area contributed by atoms with Crippen LogP contribution in [-0.4, -0.2) is 54.6 Å². The van der Waals surface area contributed by atoms with Crippen LogP contribution in [0.5, 0.6) is 0 Å². The summed E-state index contributed by atoms with van der Waals surface area (Å²) in [6.45, 7) is 7.89. The molecule has 0 aliphatic rings. The number of imidazole rings is 1. The SMILES string of the molecule is CCN(CC)CCn1c(NC(=O)c2cc3ncccn3n2)nc2ccccc21. The fourth-order valence-electron chi connectivity index (χ4n) is 3.29. The predicted molar refractivity (Wildman–Crippen MR) is 108 cm³/mol. The lowest BCUT2D eigenvalue weighted by Crippen LogP contribution is -2.27. The first kappa shape index (κ1) is 18.1. The minimum Gasteiger partial charge on any atom is -0.309 e. The van der Waals surface area contributed by atoms with Crippen molar-refractivity contribution in [1.82, 2.24) is 29.0 Å². The Morgan fingerprint density at radius 3 is 2.79 bits per heavy atom. The van der Waals surface area contributed by atoms with Gasteiger partial charge in [-0.1, -0.05) is 26.0 Å². The summed E-state index contributed by atoms with van der Waals surface area (Å²) in [7, 11) is 0. The first-order valence-electron chi connectivity index (χ1n) is 9.49. The monoisotopic (exact) mass is 377 g/mol. The summed E-state index contributed by atoms with van der Waals surface area (Å²) in [5.41, 5.74) is 2.79. The van der Waals surface area contributed by atoms with Crippen molar-refractivity contribution < 1.29 is 4.79 Å². The smallest absolute Gasteiger partial charge is 0.278 e. The number of rotatable bonds is 7. The van der Waals surface area contributed by atoms with E-state index in [2.05, 4.69) is 43.7 Å². The van der Waals surface area contributed by atoms with E-state index in [1.165, 1.54) is 0 Å². The van der Waals surface area contributed by atoms with E-state index >= 15 is 0 Å². The topological polar surface area (TPSA) is 80.3 Å². The first-order valence-corrected chi connectivity index (χ1v) is 9.49. The summed E-state index contributed by atoms with van der Waals surface area (Å²) in [6.07, 6.45) is 3.43. The Morgan fingerprint density at radius 1 is 1.18 bits per heavy atom. The quantitative estimate of drug-likeness (QED) is 0.536. The average Bonchev–Trinajstić information content (AvgIpc) is 3.30. The molecule has 4 rings (SSSR count). The minimum absolute atomic E-state index is 0.301. The van der Waals surface area contributed by atoms with E-state index in [0.717, 1.165) is 37.2 Å². The highest BCUT2D eigenvalue weighted by molar-refractivity contribution is 6.03. The first-order chi connectivity index (χ1) is 13.7. The summed E-state index contributed by atoms with van der Waals surface area (Å²) >= 11 is 0. The number of hydrogen-bond acceptors (Lipinski definition) is 5. The zero-order chi connectivity index (χ0) is 19.5. The van der Waals surface area contributed by atoms with Gasteiger partial charge in [0.1, 0.15) is 0 Å². The van der Waals surface area contributed by atoms with Gasteiger partial charge in [-0.3, -0.25) is 10.1 Å². The van der Waals surface area contributed by atoms with Crippen molar-refractivity contribution >= 4 is 28.5 Å². The van der Waals surface area contributed by atoms with Crippen LogP contribution in [0.3, 0.4) is 0 Å². The molecular weight excluding hydrogens is 354 g/mol. The largest absolute Gasteiger partial charge is 0.309 e. The number of amides is 1.